The van der Waals surface area contributed by atoms with Crippen molar-refractivity contribution >= 4 is 0 Å². The lowest BCUT2D eigenvalue weighted by Crippen LogP contribution is -2.37. The summed E-state index contributed by atoms with van der Waals surface area (Å²) in [6.07, 6.45) is 1.19. The van der Waals surface area contributed by atoms with E-state index in [1.165, 1.54) is 23.4 Å². The summed E-state index contributed by atoms with van der Waals surface area (Å²) in [6, 6.07) is 15.1. The van der Waals surface area contributed by atoms with Crippen LogP contribution in [0.1, 0.15) is 12.1 Å². The third-order valence-corrected chi connectivity index (χ3v) is 4.23. The van der Waals surface area contributed by atoms with Gasteiger partial charge < -0.3 is 9.30 Å². The fourth-order valence-electron chi connectivity index (χ4n) is 3.00. The van der Waals surface area contributed by atoms with Gasteiger partial charge in [0.1, 0.15) is 0 Å². The largest absolute Gasteiger partial charge is 0.379 e. The molecule has 3 heteroatoms. The predicted molar refractivity (Wildman–Crippen MR) is 86.5 cm³/mol. The van der Waals surface area contributed by atoms with Crippen molar-refractivity contribution in [2.45, 2.75) is 19.9 Å². The van der Waals surface area contributed by atoms with Crippen molar-refractivity contribution in [3.05, 3.63) is 48.2 Å². The van der Waals surface area contributed by atoms with Crippen LogP contribution < -0.4 is 0 Å². The molecule has 3 nitrogen and oxygen atoms in total. The minimum absolute atomic E-state index is 0.887. The standard InChI is InChI=1S/C18H24N2O/c1-16-8-9-18(17-6-3-2-4-7-17)20(16)11-5-10-19-12-14-21-15-13-19/h2-4,6-9H,5,10-15H2,1H3. The highest BCUT2D eigenvalue weighted by atomic mass is 16.5. The van der Waals surface area contributed by atoms with E-state index in [2.05, 4.69) is 58.9 Å². The van der Waals surface area contributed by atoms with Crippen LogP contribution in [0, 0.1) is 6.92 Å². The van der Waals surface area contributed by atoms with Crippen LogP contribution in [0.5, 0.6) is 0 Å². The summed E-state index contributed by atoms with van der Waals surface area (Å²) in [5.74, 6) is 0. The molecule has 1 aromatic heterocycles. The van der Waals surface area contributed by atoms with Crippen molar-refractivity contribution in [2.75, 3.05) is 32.8 Å². The maximum atomic E-state index is 5.40. The van der Waals surface area contributed by atoms with E-state index in [1.807, 2.05) is 0 Å². The fraction of sp³-hybridized carbons (Fsp3) is 0.444. The van der Waals surface area contributed by atoms with Gasteiger partial charge in [-0.15, -0.1) is 0 Å². The summed E-state index contributed by atoms with van der Waals surface area (Å²) in [7, 11) is 0. The van der Waals surface area contributed by atoms with E-state index in [0.29, 0.717) is 0 Å². The molecule has 1 aliphatic rings. The topological polar surface area (TPSA) is 17.4 Å². The average molecular weight is 284 g/mol. The molecule has 0 saturated carbocycles. The lowest BCUT2D eigenvalue weighted by atomic mass is 10.1. The van der Waals surface area contributed by atoms with Gasteiger partial charge in [0.25, 0.3) is 0 Å². The summed E-state index contributed by atoms with van der Waals surface area (Å²) in [6.45, 7) is 8.37. The number of hydrogen-bond acceptors (Lipinski definition) is 2. The van der Waals surface area contributed by atoms with E-state index < -0.39 is 0 Å². The van der Waals surface area contributed by atoms with Gasteiger partial charge in [-0.25, -0.2) is 0 Å². The van der Waals surface area contributed by atoms with Crippen LogP contribution >= 0.6 is 0 Å². The van der Waals surface area contributed by atoms with Crippen LogP contribution in [-0.2, 0) is 11.3 Å². The predicted octanol–water partition coefficient (Wildman–Crippen LogP) is 3.19. The number of aryl methyl sites for hydroxylation is 1. The van der Waals surface area contributed by atoms with Crippen LogP contribution in [0.15, 0.2) is 42.5 Å². The molecule has 1 aromatic carbocycles. The van der Waals surface area contributed by atoms with Gasteiger partial charge >= 0.3 is 0 Å². The van der Waals surface area contributed by atoms with Crippen molar-refractivity contribution in [1.82, 2.24) is 9.47 Å². The zero-order chi connectivity index (χ0) is 14.5. The van der Waals surface area contributed by atoms with E-state index >= 15 is 0 Å². The molecule has 0 N–H and O–H groups in total. The Kier molecular flexibility index (Phi) is 4.73. The molecule has 0 spiro atoms. The Morgan fingerprint density at radius 1 is 0.952 bits per heavy atom. The number of ether oxygens (including phenoxy) is 1. The average Bonchev–Trinajstić information content (AvgIpc) is 2.91. The second-order valence-corrected chi connectivity index (χ2v) is 5.69. The lowest BCUT2D eigenvalue weighted by molar-refractivity contribution is 0.0369. The zero-order valence-corrected chi connectivity index (χ0v) is 12.8. The smallest absolute Gasteiger partial charge is 0.0594 e. The Morgan fingerprint density at radius 2 is 1.71 bits per heavy atom. The second kappa shape index (κ2) is 6.92. The highest BCUT2D eigenvalue weighted by molar-refractivity contribution is 5.60. The monoisotopic (exact) mass is 284 g/mol. The molecule has 0 aliphatic carbocycles. The Bertz CT molecular complexity index is 556. The summed E-state index contributed by atoms with van der Waals surface area (Å²) >= 11 is 0. The first-order valence-corrected chi connectivity index (χ1v) is 7.86. The fourth-order valence-corrected chi connectivity index (χ4v) is 3.00. The first-order chi connectivity index (χ1) is 10.3. The van der Waals surface area contributed by atoms with E-state index in [1.54, 1.807) is 0 Å². The molecule has 21 heavy (non-hydrogen) atoms. The summed E-state index contributed by atoms with van der Waals surface area (Å²) < 4.78 is 7.84. The quantitative estimate of drug-likeness (QED) is 0.839. The first-order valence-electron chi connectivity index (χ1n) is 7.86. The zero-order valence-electron chi connectivity index (χ0n) is 12.8. The van der Waals surface area contributed by atoms with Crippen molar-refractivity contribution < 1.29 is 4.74 Å². The maximum absolute atomic E-state index is 5.40. The van der Waals surface area contributed by atoms with E-state index in [4.69, 9.17) is 4.74 Å². The number of morpholine rings is 1. The minimum atomic E-state index is 0.887. The molecular formula is C18H24N2O. The SMILES string of the molecule is Cc1ccc(-c2ccccc2)n1CCCN1CCOCC1. The molecule has 0 amide bonds. The summed E-state index contributed by atoms with van der Waals surface area (Å²) in [5, 5.41) is 0. The third kappa shape index (κ3) is 3.55. The van der Waals surface area contributed by atoms with E-state index in [0.717, 1.165) is 39.4 Å². The number of nitrogens with zero attached hydrogens (tertiary/aromatic N) is 2. The van der Waals surface area contributed by atoms with Gasteiger partial charge in [-0.1, -0.05) is 30.3 Å². The third-order valence-electron chi connectivity index (χ3n) is 4.23. The molecule has 3 rings (SSSR count). The Hall–Kier alpha value is -1.58. The number of benzene rings is 1. The van der Waals surface area contributed by atoms with Crippen molar-refractivity contribution in [2.24, 2.45) is 0 Å². The second-order valence-electron chi connectivity index (χ2n) is 5.69. The van der Waals surface area contributed by atoms with Gasteiger partial charge in [-0.3, -0.25) is 4.90 Å². The normalized spacial score (nSPS) is 16.2. The number of rotatable bonds is 5. The van der Waals surface area contributed by atoms with Crippen LogP contribution in [0.3, 0.4) is 0 Å². The Labute approximate surface area is 127 Å². The van der Waals surface area contributed by atoms with Crippen molar-refractivity contribution in [3.63, 3.8) is 0 Å². The molecular weight excluding hydrogens is 260 g/mol. The van der Waals surface area contributed by atoms with Crippen LogP contribution in [0.25, 0.3) is 11.3 Å². The van der Waals surface area contributed by atoms with Gasteiger partial charge in [0, 0.05) is 37.6 Å². The van der Waals surface area contributed by atoms with Gasteiger partial charge in [0.05, 0.1) is 13.2 Å². The maximum Gasteiger partial charge on any atom is 0.0594 e. The van der Waals surface area contributed by atoms with Gasteiger partial charge in [-0.05, 0) is 31.0 Å². The minimum Gasteiger partial charge on any atom is -0.379 e. The van der Waals surface area contributed by atoms with Gasteiger partial charge in [0.15, 0.2) is 0 Å². The van der Waals surface area contributed by atoms with E-state index in [-0.39, 0.29) is 0 Å². The molecule has 2 heterocycles. The molecule has 1 aliphatic heterocycles. The molecule has 0 atom stereocenters. The Morgan fingerprint density at radius 3 is 2.48 bits per heavy atom. The lowest BCUT2D eigenvalue weighted by Gasteiger charge is -2.26. The summed E-state index contributed by atoms with van der Waals surface area (Å²) in [4.78, 5) is 2.50. The van der Waals surface area contributed by atoms with Crippen LogP contribution in [0.4, 0.5) is 0 Å². The number of aromatic nitrogens is 1. The van der Waals surface area contributed by atoms with Crippen LogP contribution in [0.2, 0.25) is 0 Å². The molecule has 0 bridgehead atoms. The molecule has 0 unspecified atom stereocenters. The molecule has 0 radical (unpaired) electrons. The molecule has 1 saturated heterocycles. The first kappa shape index (κ1) is 14.4. The molecule has 1 fully saturated rings. The Balaban J connectivity index is 1.64. The summed E-state index contributed by atoms with van der Waals surface area (Å²) in [5.41, 5.74) is 3.97. The van der Waals surface area contributed by atoms with Gasteiger partial charge in [0.2, 0.25) is 0 Å². The van der Waals surface area contributed by atoms with Crippen molar-refractivity contribution in [1.29, 1.82) is 0 Å². The van der Waals surface area contributed by atoms with Gasteiger partial charge in [-0.2, -0.15) is 0 Å². The molecule has 2 aromatic rings. The number of hydrogen-bond donors (Lipinski definition) is 0. The highest BCUT2D eigenvalue weighted by Gasteiger charge is 2.11. The van der Waals surface area contributed by atoms with Crippen molar-refractivity contribution in [3.8, 4) is 11.3 Å². The molecule has 112 valence electrons. The highest BCUT2D eigenvalue weighted by Crippen LogP contribution is 2.22. The van der Waals surface area contributed by atoms with E-state index in [9.17, 15) is 0 Å². The van der Waals surface area contributed by atoms with Crippen LogP contribution in [-0.4, -0.2) is 42.3 Å².